The molecule has 0 aliphatic rings. The Morgan fingerprint density at radius 2 is 0.909 bits per heavy atom. The van der Waals surface area contributed by atoms with Crippen LogP contribution in [-0.4, -0.2) is 34.6 Å². The minimum Gasteiger partial charge on any atom is -0.488 e. The third-order valence-electron chi connectivity index (χ3n) is 6.02. The fourth-order valence-corrected chi connectivity index (χ4v) is 5.77. The predicted molar refractivity (Wildman–Crippen MR) is 149 cm³/mol. The standard InChI is InChI=1S/C25H32Br4O4/c1-7-24(5,30)13-32-21-17(26)9-15(10-18(21)27)23(3,4)16-11-19(28)22(20(29)12-16)33-14-25(6,31)8-2/h9-12,30-31H,7-8,13-14H2,1-6H3. The molecular formula is C25H32Br4O4. The van der Waals surface area contributed by atoms with Gasteiger partial charge >= 0.3 is 0 Å². The van der Waals surface area contributed by atoms with Gasteiger partial charge < -0.3 is 19.7 Å². The van der Waals surface area contributed by atoms with Gasteiger partial charge in [0.25, 0.3) is 0 Å². The van der Waals surface area contributed by atoms with Crippen molar-refractivity contribution in [2.75, 3.05) is 13.2 Å². The molecule has 0 aliphatic heterocycles. The molecule has 2 aromatic rings. The van der Waals surface area contributed by atoms with Crippen molar-refractivity contribution in [3.8, 4) is 11.5 Å². The number of halogens is 4. The normalized spacial score (nSPS) is 15.6. The van der Waals surface area contributed by atoms with E-state index in [2.05, 4.69) is 77.6 Å². The summed E-state index contributed by atoms with van der Waals surface area (Å²) >= 11 is 14.6. The molecule has 0 fully saturated rings. The lowest BCUT2D eigenvalue weighted by atomic mass is 9.78. The van der Waals surface area contributed by atoms with E-state index in [1.165, 1.54) is 0 Å². The largest absolute Gasteiger partial charge is 0.488 e. The van der Waals surface area contributed by atoms with Crippen LogP contribution in [0.5, 0.6) is 11.5 Å². The molecule has 2 unspecified atom stereocenters. The first-order valence-corrected chi connectivity index (χ1v) is 14.0. The highest BCUT2D eigenvalue weighted by molar-refractivity contribution is 9.11. The summed E-state index contributed by atoms with van der Waals surface area (Å²) in [5.41, 5.74) is 0.0549. The minimum atomic E-state index is -0.885. The molecule has 0 radical (unpaired) electrons. The molecule has 2 aromatic carbocycles. The molecule has 4 nitrogen and oxygen atoms in total. The van der Waals surface area contributed by atoms with Gasteiger partial charge in [-0.25, -0.2) is 0 Å². The van der Waals surface area contributed by atoms with E-state index in [1.807, 2.05) is 38.1 Å². The Hall–Kier alpha value is -0.120. The van der Waals surface area contributed by atoms with Gasteiger partial charge in [0, 0.05) is 5.41 Å². The highest BCUT2D eigenvalue weighted by atomic mass is 79.9. The molecule has 0 bridgehead atoms. The summed E-state index contributed by atoms with van der Waals surface area (Å²) in [5.74, 6) is 1.33. The van der Waals surface area contributed by atoms with Gasteiger partial charge in [0.05, 0.1) is 29.1 Å². The molecule has 2 rings (SSSR count). The maximum Gasteiger partial charge on any atom is 0.147 e. The summed E-state index contributed by atoms with van der Waals surface area (Å²) < 4.78 is 15.1. The second kappa shape index (κ2) is 11.3. The van der Waals surface area contributed by atoms with Crippen molar-refractivity contribution in [1.82, 2.24) is 0 Å². The number of hydrogen-bond donors (Lipinski definition) is 2. The van der Waals surface area contributed by atoms with E-state index < -0.39 is 11.2 Å². The molecule has 2 atom stereocenters. The van der Waals surface area contributed by atoms with E-state index >= 15 is 0 Å². The van der Waals surface area contributed by atoms with E-state index in [4.69, 9.17) is 9.47 Å². The number of rotatable bonds is 10. The van der Waals surface area contributed by atoms with Crippen molar-refractivity contribution in [3.63, 3.8) is 0 Å². The van der Waals surface area contributed by atoms with Gasteiger partial charge in [0.2, 0.25) is 0 Å². The van der Waals surface area contributed by atoms with Crippen LogP contribution < -0.4 is 9.47 Å². The third kappa shape index (κ3) is 7.43. The summed E-state index contributed by atoms with van der Waals surface area (Å²) in [6.07, 6.45) is 1.21. The van der Waals surface area contributed by atoms with E-state index in [9.17, 15) is 10.2 Å². The Morgan fingerprint density at radius 3 is 1.15 bits per heavy atom. The quantitative estimate of drug-likeness (QED) is 0.261. The first-order valence-electron chi connectivity index (χ1n) is 10.8. The molecule has 8 heteroatoms. The molecule has 0 spiro atoms. The molecule has 184 valence electrons. The molecular weight excluding hydrogens is 684 g/mol. The zero-order valence-corrected chi connectivity index (χ0v) is 26.2. The zero-order valence-electron chi connectivity index (χ0n) is 19.9. The highest BCUT2D eigenvalue weighted by Gasteiger charge is 2.28. The Kier molecular flexibility index (Phi) is 9.96. The smallest absolute Gasteiger partial charge is 0.147 e. The lowest BCUT2D eigenvalue weighted by Crippen LogP contribution is -2.31. The lowest BCUT2D eigenvalue weighted by molar-refractivity contribution is 0.00776. The predicted octanol–water partition coefficient (Wildman–Crippen LogP) is 8.14. The van der Waals surface area contributed by atoms with Crippen LogP contribution in [0.4, 0.5) is 0 Å². The van der Waals surface area contributed by atoms with Crippen LogP contribution in [0.15, 0.2) is 42.2 Å². The Morgan fingerprint density at radius 1 is 0.636 bits per heavy atom. The fourth-order valence-electron chi connectivity index (χ4n) is 2.94. The number of aliphatic hydroxyl groups is 2. The highest BCUT2D eigenvalue weighted by Crippen LogP contribution is 2.44. The minimum absolute atomic E-state index is 0.204. The average Bonchev–Trinajstić information content (AvgIpc) is 2.72. The van der Waals surface area contributed by atoms with Crippen LogP contribution in [0, 0.1) is 0 Å². The summed E-state index contributed by atoms with van der Waals surface area (Å²) in [7, 11) is 0. The van der Waals surface area contributed by atoms with Crippen molar-refractivity contribution in [1.29, 1.82) is 0 Å². The zero-order chi connectivity index (χ0) is 25.2. The maximum atomic E-state index is 10.3. The average molecular weight is 716 g/mol. The van der Waals surface area contributed by atoms with E-state index in [1.54, 1.807) is 13.8 Å². The second-order valence-corrected chi connectivity index (χ2v) is 12.9. The van der Waals surface area contributed by atoms with E-state index in [-0.39, 0.29) is 18.6 Å². The summed E-state index contributed by atoms with van der Waals surface area (Å²) in [6, 6.07) is 8.19. The van der Waals surface area contributed by atoms with Crippen molar-refractivity contribution < 1.29 is 19.7 Å². The number of hydrogen-bond acceptors (Lipinski definition) is 4. The van der Waals surface area contributed by atoms with Crippen LogP contribution in [0.1, 0.15) is 65.5 Å². The Labute approximate surface area is 231 Å². The molecule has 0 heterocycles. The van der Waals surface area contributed by atoms with Gasteiger partial charge in [-0.3, -0.25) is 0 Å². The number of benzene rings is 2. The van der Waals surface area contributed by atoms with Crippen LogP contribution in [-0.2, 0) is 5.41 Å². The van der Waals surface area contributed by atoms with Crippen molar-refractivity contribution in [2.24, 2.45) is 0 Å². The first-order chi connectivity index (χ1) is 15.1. The topological polar surface area (TPSA) is 58.9 Å². The third-order valence-corrected chi connectivity index (χ3v) is 8.37. The SMILES string of the molecule is CCC(C)(O)COc1c(Br)cc(C(C)(C)c2cc(Br)c(OCC(C)(O)CC)c(Br)c2)cc1Br. The molecule has 0 aromatic heterocycles. The van der Waals surface area contributed by atoms with E-state index in [0.29, 0.717) is 24.3 Å². The molecule has 33 heavy (non-hydrogen) atoms. The van der Waals surface area contributed by atoms with Gasteiger partial charge in [-0.15, -0.1) is 0 Å². The van der Waals surface area contributed by atoms with Crippen LogP contribution >= 0.6 is 63.7 Å². The maximum absolute atomic E-state index is 10.3. The van der Waals surface area contributed by atoms with Gasteiger partial charge in [0.15, 0.2) is 0 Å². The second-order valence-electron chi connectivity index (χ2n) is 9.44. The van der Waals surface area contributed by atoms with Crippen LogP contribution in [0.25, 0.3) is 0 Å². The van der Waals surface area contributed by atoms with Crippen molar-refractivity contribution in [3.05, 3.63) is 53.3 Å². The Bertz CT molecular complexity index is 863. The summed E-state index contributed by atoms with van der Waals surface area (Å²) in [4.78, 5) is 0. The molecule has 0 amide bonds. The lowest BCUT2D eigenvalue weighted by Gasteiger charge is -2.29. The van der Waals surface area contributed by atoms with Crippen molar-refractivity contribution >= 4 is 63.7 Å². The number of ether oxygens (including phenoxy) is 2. The van der Waals surface area contributed by atoms with Gasteiger partial charge in [-0.1, -0.05) is 27.7 Å². The molecule has 0 aliphatic carbocycles. The first kappa shape index (κ1) is 29.1. The molecule has 2 N–H and O–H groups in total. The summed E-state index contributed by atoms with van der Waals surface area (Å²) in [6.45, 7) is 12.1. The summed E-state index contributed by atoms with van der Waals surface area (Å²) in [5, 5.41) is 20.6. The van der Waals surface area contributed by atoms with E-state index in [0.717, 1.165) is 29.0 Å². The van der Waals surface area contributed by atoms with Gasteiger partial charge in [0.1, 0.15) is 24.7 Å². The van der Waals surface area contributed by atoms with Crippen LogP contribution in [0.2, 0.25) is 0 Å². The van der Waals surface area contributed by atoms with Gasteiger partial charge in [-0.2, -0.15) is 0 Å². The fraction of sp³-hybridized carbons (Fsp3) is 0.520. The van der Waals surface area contributed by atoms with Gasteiger partial charge in [-0.05, 0) is 126 Å². The van der Waals surface area contributed by atoms with Crippen LogP contribution in [0.3, 0.4) is 0 Å². The monoisotopic (exact) mass is 712 g/mol. The van der Waals surface area contributed by atoms with Crippen molar-refractivity contribution in [2.45, 2.75) is 71.0 Å². The Balaban J connectivity index is 2.35. The molecule has 0 saturated carbocycles. The molecule has 0 saturated heterocycles.